The zero-order valence-electron chi connectivity index (χ0n) is 3.99. The predicted molar refractivity (Wildman–Crippen MR) is 38.3 cm³/mol. The molecule has 0 aromatic heterocycles. The molecular formula is C4H8Cl2S. The molecule has 0 fully saturated rings. The van der Waals surface area contributed by atoms with Crippen LogP contribution >= 0.6 is 33.3 Å². The van der Waals surface area contributed by atoms with Gasteiger partial charge in [0.05, 0.1) is 0 Å². The quantitative estimate of drug-likeness (QED) is 0.449. The molecule has 0 nitrogen and oxygen atoms in total. The number of halogens is 2. The SMILES string of the molecule is ClCCCCSCl. The lowest BCUT2D eigenvalue weighted by Crippen LogP contribution is -1.76. The fourth-order valence-electron chi connectivity index (χ4n) is 0.251. The van der Waals surface area contributed by atoms with Crippen LogP contribution in [0.2, 0.25) is 0 Å². The third kappa shape index (κ3) is 6.93. The first-order chi connectivity index (χ1) is 3.41. The molecule has 0 aliphatic rings. The maximum Gasteiger partial charge on any atom is 0.0223 e. The van der Waals surface area contributed by atoms with E-state index in [4.69, 9.17) is 22.3 Å². The zero-order valence-corrected chi connectivity index (χ0v) is 6.32. The van der Waals surface area contributed by atoms with Crippen LogP contribution in [0.25, 0.3) is 0 Å². The summed E-state index contributed by atoms with van der Waals surface area (Å²) in [5.41, 5.74) is 0. The van der Waals surface area contributed by atoms with Crippen molar-refractivity contribution in [3.05, 3.63) is 0 Å². The Morgan fingerprint density at radius 2 is 2.00 bits per heavy atom. The molecule has 3 heteroatoms. The van der Waals surface area contributed by atoms with Crippen LogP contribution in [0.15, 0.2) is 0 Å². The van der Waals surface area contributed by atoms with Gasteiger partial charge in [0.15, 0.2) is 0 Å². The van der Waals surface area contributed by atoms with Crippen molar-refractivity contribution >= 4 is 33.3 Å². The van der Waals surface area contributed by atoms with Gasteiger partial charge in [-0.1, -0.05) is 11.0 Å². The first-order valence-electron chi connectivity index (χ1n) is 2.21. The molecule has 0 radical (unpaired) electrons. The molecule has 0 unspecified atom stereocenters. The summed E-state index contributed by atoms with van der Waals surface area (Å²) in [6.45, 7) is 0. The maximum absolute atomic E-state index is 5.38. The summed E-state index contributed by atoms with van der Waals surface area (Å²) in [7, 11) is 6.67. The normalized spacial score (nSPS) is 9.43. The third-order valence-corrected chi connectivity index (χ3v) is 1.78. The highest BCUT2D eigenvalue weighted by molar-refractivity contribution is 8.21. The van der Waals surface area contributed by atoms with Crippen molar-refractivity contribution in [1.82, 2.24) is 0 Å². The largest absolute Gasteiger partial charge is 0.127 e. The number of hydrogen-bond donors (Lipinski definition) is 0. The lowest BCUT2D eigenvalue weighted by Gasteiger charge is -1.87. The number of unbranched alkanes of at least 4 members (excludes halogenated alkanes) is 1. The standard InChI is InChI=1S/C4H8Cl2S/c5-3-1-2-4-7-6/h1-4H2. The van der Waals surface area contributed by atoms with Gasteiger partial charge in [0.2, 0.25) is 0 Å². The second-order valence-electron chi connectivity index (χ2n) is 1.21. The molecule has 44 valence electrons. The van der Waals surface area contributed by atoms with E-state index in [2.05, 4.69) is 0 Å². The van der Waals surface area contributed by atoms with Crippen molar-refractivity contribution < 1.29 is 0 Å². The average Bonchev–Trinajstić information content (AvgIpc) is 1.69. The van der Waals surface area contributed by atoms with E-state index in [1.165, 1.54) is 11.0 Å². The van der Waals surface area contributed by atoms with Gasteiger partial charge in [-0.25, -0.2) is 0 Å². The molecule has 0 aromatic carbocycles. The van der Waals surface area contributed by atoms with Crippen LogP contribution in [0.5, 0.6) is 0 Å². The minimum Gasteiger partial charge on any atom is -0.127 e. The Bertz CT molecular complexity index is 28.9. The van der Waals surface area contributed by atoms with Crippen molar-refractivity contribution in [1.29, 1.82) is 0 Å². The lowest BCUT2D eigenvalue weighted by atomic mass is 10.4. The highest BCUT2D eigenvalue weighted by Gasteiger charge is 1.82. The first kappa shape index (κ1) is 7.93. The highest BCUT2D eigenvalue weighted by atomic mass is 35.7. The van der Waals surface area contributed by atoms with Gasteiger partial charge in [-0.05, 0) is 23.5 Å². The Balaban J connectivity index is 2.45. The Hall–Kier alpha value is 0.930. The topological polar surface area (TPSA) is 0 Å². The van der Waals surface area contributed by atoms with Crippen LogP contribution in [0, 0.1) is 0 Å². The summed E-state index contributed by atoms with van der Waals surface area (Å²) in [6.07, 6.45) is 2.22. The van der Waals surface area contributed by atoms with E-state index in [0.717, 1.165) is 24.5 Å². The second kappa shape index (κ2) is 6.93. The van der Waals surface area contributed by atoms with Crippen LogP contribution in [-0.4, -0.2) is 11.6 Å². The minimum atomic E-state index is 0.761. The molecule has 7 heavy (non-hydrogen) atoms. The summed E-state index contributed by atoms with van der Waals surface area (Å²) in [5, 5.41) is 0. The fraction of sp³-hybridized carbons (Fsp3) is 1.00. The Kier molecular flexibility index (Phi) is 7.85. The number of rotatable bonds is 4. The Labute approximate surface area is 58.1 Å². The molecule has 0 aliphatic carbocycles. The van der Waals surface area contributed by atoms with E-state index >= 15 is 0 Å². The van der Waals surface area contributed by atoms with Crippen LogP contribution in [-0.2, 0) is 0 Å². The van der Waals surface area contributed by atoms with E-state index in [-0.39, 0.29) is 0 Å². The molecule has 0 spiro atoms. The summed E-state index contributed by atoms with van der Waals surface area (Å²) in [6, 6.07) is 0. The van der Waals surface area contributed by atoms with Crippen LogP contribution in [0.1, 0.15) is 12.8 Å². The van der Waals surface area contributed by atoms with Crippen LogP contribution in [0.4, 0.5) is 0 Å². The fourth-order valence-corrected chi connectivity index (χ4v) is 1.08. The van der Waals surface area contributed by atoms with Gasteiger partial charge in [-0.2, -0.15) is 0 Å². The predicted octanol–water partition coefficient (Wildman–Crippen LogP) is 2.89. The molecule has 0 atom stereocenters. The van der Waals surface area contributed by atoms with Crippen molar-refractivity contribution in [3.63, 3.8) is 0 Å². The van der Waals surface area contributed by atoms with Crippen molar-refractivity contribution in [2.75, 3.05) is 11.6 Å². The second-order valence-corrected chi connectivity index (χ2v) is 2.87. The van der Waals surface area contributed by atoms with Gasteiger partial charge in [-0.15, -0.1) is 11.6 Å². The molecule has 0 aliphatic heterocycles. The smallest absolute Gasteiger partial charge is 0.0223 e. The van der Waals surface area contributed by atoms with E-state index in [0.29, 0.717) is 0 Å². The van der Waals surface area contributed by atoms with Crippen molar-refractivity contribution in [3.8, 4) is 0 Å². The molecule has 0 heterocycles. The number of alkyl halides is 1. The van der Waals surface area contributed by atoms with Crippen molar-refractivity contribution in [2.24, 2.45) is 0 Å². The van der Waals surface area contributed by atoms with E-state index in [1.807, 2.05) is 0 Å². The van der Waals surface area contributed by atoms with Crippen LogP contribution in [0.3, 0.4) is 0 Å². The molecular weight excluding hydrogens is 151 g/mol. The number of hydrogen-bond acceptors (Lipinski definition) is 1. The highest BCUT2D eigenvalue weighted by Crippen LogP contribution is 2.08. The van der Waals surface area contributed by atoms with Gasteiger partial charge < -0.3 is 0 Å². The van der Waals surface area contributed by atoms with E-state index < -0.39 is 0 Å². The van der Waals surface area contributed by atoms with Crippen molar-refractivity contribution in [2.45, 2.75) is 12.8 Å². The summed E-state index contributed by atoms with van der Waals surface area (Å²) >= 11 is 5.38. The van der Waals surface area contributed by atoms with Gasteiger partial charge >= 0.3 is 0 Å². The van der Waals surface area contributed by atoms with Gasteiger partial charge in [0.25, 0.3) is 0 Å². The Morgan fingerprint density at radius 3 is 2.43 bits per heavy atom. The molecule has 0 saturated heterocycles. The molecule has 0 N–H and O–H groups in total. The summed E-state index contributed by atoms with van der Waals surface area (Å²) in [4.78, 5) is 0. The Morgan fingerprint density at radius 1 is 1.29 bits per heavy atom. The van der Waals surface area contributed by atoms with E-state index in [9.17, 15) is 0 Å². The molecule has 0 aromatic rings. The van der Waals surface area contributed by atoms with Gasteiger partial charge in [0.1, 0.15) is 0 Å². The molecule has 0 amide bonds. The van der Waals surface area contributed by atoms with Crippen LogP contribution < -0.4 is 0 Å². The average molecular weight is 159 g/mol. The minimum absolute atomic E-state index is 0.761. The molecule has 0 saturated carbocycles. The summed E-state index contributed by atoms with van der Waals surface area (Å²) in [5.74, 6) is 1.78. The lowest BCUT2D eigenvalue weighted by molar-refractivity contribution is 0.905. The van der Waals surface area contributed by atoms with E-state index in [1.54, 1.807) is 0 Å². The third-order valence-electron chi connectivity index (χ3n) is 0.605. The first-order valence-corrected chi connectivity index (χ1v) is 4.56. The molecule has 0 rings (SSSR count). The maximum atomic E-state index is 5.38. The van der Waals surface area contributed by atoms with Gasteiger partial charge in [0, 0.05) is 11.6 Å². The van der Waals surface area contributed by atoms with Gasteiger partial charge in [-0.3, -0.25) is 0 Å². The zero-order chi connectivity index (χ0) is 5.54. The molecule has 0 bridgehead atoms. The summed E-state index contributed by atoms with van der Waals surface area (Å²) < 4.78 is 0. The monoisotopic (exact) mass is 158 g/mol.